The van der Waals surface area contributed by atoms with Gasteiger partial charge < -0.3 is 10.2 Å². The number of allylic oxidation sites excluding steroid dienone is 2. The van der Waals surface area contributed by atoms with Crippen LogP contribution in [0.1, 0.15) is 24.7 Å². The van der Waals surface area contributed by atoms with Gasteiger partial charge in [0.1, 0.15) is 11.4 Å². The van der Waals surface area contributed by atoms with E-state index >= 15 is 0 Å². The van der Waals surface area contributed by atoms with Crippen molar-refractivity contribution in [2.45, 2.75) is 33.7 Å². The first kappa shape index (κ1) is 17.4. The van der Waals surface area contributed by atoms with Crippen molar-refractivity contribution in [3.05, 3.63) is 44.8 Å². The van der Waals surface area contributed by atoms with Crippen molar-refractivity contribution in [2.24, 2.45) is 5.41 Å². The second kappa shape index (κ2) is 5.91. The average molecular weight is 335 g/mol. The maximum Gasteiger partial charge on any atom is 0.331 e. The molecule has 0 amide bonds. The van der Waals surface area contributed by atoms with Gasteiger partial charge in [-0.15, -0.1) is 0 Å². The van der Waals surface area contributed by atoms with Gasteiger partial charge in [-0.3, -0.25) is 19.6 Å². The number of carbonyl (C=O) groups is 2. The van der Waals surface area contributed by atoms with Crippen LogP contribution in [-0.4, -0.2) is 36.9 Å². The van der Waals surface area contributed by atoms with Crippen LogP contribution in [0.2, 0.25) is 0 Å². The summed E-state index contributed by atoms with van der Waals surface area (Å²) in [6, 6.07) is 0. The van der Waals surface area contributed by atoms with E-state index in [4.69, 9.17) is 0 Å². The number of aryl methyl sites for hydroxylation is 1. The third-order valence-electron chi connectivity index (χ3n) is 4.04. The highest BCUT2D eigenvalue weighted by Crippen LogP contribution is 2.35. The van der Waals surface area contributed by atoms with Crippen LogP contribution in [0, 0.1) is 29.4 Å². The summed E-state index contributed by atoms with van der Waals surface area (Å²) in [6.45, 7) is 4.55. The molecule has 1 unspecified atom stereocenters. The molecule has 0 aliphatic heterocycles. The normalized spacial score (nSPS) is 20.3. The van der Waals surface area contributed by atoms with Crippen LogP contribution in [-0.2, 0) is 16.1 Å². The molecule has 1 heterocycles. The predicted octanol–water partition coefficient (Wildman–Crippen LogP) is 1.84. The van der Waals surface area contributed by atoms with Crippen LogP contribution in [0.5, 0.6) is 0 Å². The molecule has 24 heavy (non-hydrogen) atoms. The average Bonchev–Trinajstić information content (AvgIpc) is 2.72. The summed E-state index contributed by atoms with van der Waals surface area (Å²) in [5, 5.41) is 33.7. The Bertz CT molecular complexity index is 804. The number of nitro groups is 1. The second-order valence-corrected chi connectivity index (χ2v) is 6.03. The SMILES string of the molecule is Cc1nn(CC2=CC(C)(C(=O)O)CC(C(=O)O)=C2)c(C)c1[N+](=O)[O-]. The summed E-state index contributed by atoms with van der Waals surface area (Å²) in [5.41, 5.74) is -0.462. The van der Waals surface area contributed by atoms with Crippen LogP contribution in [0.25, 0.3) is 0 Å². The minimum atomic E-state index is -1.35. The zero-order chi connectivity index (χ0) is 18.2. The Balaban J connectivity index is 2.45. The fraction of sp³-hybridized carbons (Fsp3) is 0.400. The molecule has 0 spiro atoms. The molecular weight excluding hydrogens is 318 g/mol. The van der Waals surface area contributed by atoms with E-state index in [9.17, 15) is 29.9 Å². The molecule has 1 aromatic rings. The Kier molecular flexibility index (Phi) is 4.28. The Morgan fingerprint density at radius 1 is 1.42 bits per heavy atom. The number of rotatable bonds is 5. The first-order valence-corrected chi connectivity index (χ1v) is 7.12. The van der Waals surface area contributed by atoms with Gasteiger partial charge in [0, 0.05) is 5.57 Å². The molecule has 128 valence electrons. The smallest absolute Gasteiger partial charge is 0.331 e. The van der Waals surface area contributed by atoms with Gasteiger partial charge in [-0.2, -0.15) is 5.10 Å². The minimum absolute atomic E-state index is 0.0200. The van der Waals surface area contributed by atoms with Crippen LogP contribution < -0.4 is 0 Å². The highest BCUT2D eigenvalue weighted by molar-refractivity contribution is 5.90. The van der Waals surface area contributed by atoms with Gasteiger partial charge in [-0.1, -0.05) is 6.08 Å². The highest BCUT2D eigenvalue weighted by Gasteiger charge is 2.36. The summed E-state index contributed by atoms with van der Waals surface area (Å²) in [6.07, 6.45) is 2.75. The first-order valence-electron chi connectivity index (χ1n) is 7.12. The fourth-order valence-electron chi connectivity index (χ4n) is 2.82. The molecule has 9 heteroatoms. The minimum Gasteiger partial charge on any atom is -0.481 e. The molecule has 1 atom stereocenters. The standard InChI is InChI=1S/C15H17N3O6/c1-8-12(18(23)24)9(2)17(16-8)7-10-4-11(13(19)20)6-15(3,5-10)14(21)22/h4-5H,6-7H2,1-3H3,(H,19,20)(H,21,22). The zero-order valence-electron chi connectivity index (χ0n) is 13.4. The number of hydrogen-bond donors (Lipinski definition) is 2. The van der Waals surface area contributed by atoms with Crippen molar-refractivity contribution in [3.63, 3.8) is 0 Å². The lowest BCUT2D eigenvalue weighted by Crippen LogP contribution is -2.30. The van der Waals surface area contributed by atoms with Crippen LogP contribution in [0.4, 0.5) is 5.69 Å². The van der Waals surface area contributed by atoms with E-state index in [1.54, 1.807) is 6.92 Å². The molecule has 0 saturated carbocycles. The first-order chi connectivity index (χ1) is 11.0. The second-order valence-electron chi connectivity index (χ2n) is 6.03. The zero-order valence-corrected chi connectivity index (χ0v) is 13.4. The molecule has 2 rings (SSSR count). The van der Waals surface area contributed by atoms with E-state index in [1.807, 2.05) is 0 Å². The summed E-state index contributed by atoms with van der Waals surface area (Å²) in [7, 11) is 0. The molecule has 0 fully saturated rings. The van der Waals surface area contributed by atoms with E-state index in [1.165, 1.54) is 30.7 Å². The van der Waals surface area contributed by atoms with Gasteiger partial charge in [-0.05, 0) is 38.8 Å². The molecule has 1 aromatic heterocycles. The van der Waals surface area contributed by atoms with Gasteiger partial charge in [0.15, 0.2) is 0 Å². The third kappa shape index (κ3) is 3.05. The monoisotopic (exact) mass is 335 g/mol. The van der Waals surface area contributed by atoms with E-state index in [-0.39, 0.29) is 29.9 Å². The predicted molar refractivity (Wildman–Crippen MR) is 82.5 cm³/mol. The lowest BCUT2D eigenvalue weighted by molar-refractivity contribution is -0.386. The third-order valence-corrected chi connectivity index (χ3v) is 4.04. The van der Waals surface area contributed by atoms with Crippen molar-refractivity contribution in [3.8, 4) is 0 Å². The molecule has 1 aliphatic rings. The number of hydrogen-bond acceptors (Lipinski definition) is 5. The quantitative estimate of drug-likeness (QED) is 0.619. The summed E-state index contributed by atoms with van der Waals surface area (Å²) >= 11 is 0. The van der Waals surface area contributed by atoms with E-state index < -0.39 is 22.3 Å². The Hall–Kier alpha value is -2.97. The molecule has 2 N–H and O–H groups in total. The van der Waals surface area contributed by atoms with Crippen LogP contribution >= 0.6 is 0 Å². The van der Waals surface area contributed by atoms with Gasteiger partial charge in [0.05, 0.1) is 16.9 Å². The number of carboxylic acid groups (broad SMARTS) is 2. The maximum absolute atomic E-state index is 11.5. The number of aromatic nitrogens is 2. The van der Waals surface area contributed by atoms with Crippen molar-refractivity contribution in [2.75, 3.05) is 0 Å². The van der Waals surface area contributed by atoms with Gasteiger partial charge >= 0.3 is 17.6 Å². The van der Waals surface area contributed by atoms with Crippen molar-refractivity contribution >= 4 is 17.6 Å². The summed E-state index contributed by atoms with van der Waals surface area (Å²) in [4.78, 5) is 33.3. The van der Waals surface area contributed by atoms with Crippen molar-refractivity contribution < 1.29 is 24.7 Å². The Labute approximate surface area is 137 Å². The van der Waals surface area contributed by atoms with E-state index in [2.05, 4.69) is 5.10 Å². The molecule has 1 aliphatic carbocycles. The van der Waals surface area contributed by atoms with Crippen LogP contribution in [0.3, 0.4) is 0 Å². The molecule has 9 nitrogen and oxygen atoms in total. The van der Waals surface area contributed by atoms with Gasteiger partial charge in [0.25, 0.3) is 0 Å². The number of nitrogens with zero attached hydrogens (tertiary/aromatic N) is 3. The lowest BCUT2D eigenvalue weighted by atomic mass is 9.78. The van der Waals surface area contributed by atoms with E-state index in [0.717, 1.165) is 0 Å². The summed E-state index contributed by atoms with van der Waals surface area (Å²) < 4.78 is 1.38. The van der Waals surface area contributed by atoms with Crippen LogP contribution in [0.15, 0.2) is 23.3 Å². The topological polar surface area (TPSA) is 136 Å². The molecule has 0 aromatic carbocycles. The molecule has 0 radical (unpaired) electrons. The molecule has 0 bridgehead atoms. The number of aliphatic carboxylic acids is 2. The lowest BCUT2D eigenvalue weighted by Gasteiger charge is -2.26. The molecule has 0 saturated heterocycles. The number of carboxylic acids is 2. The largest absolute Gasteiger partial charge is 0.481 e. The Morgan fingerprint density at radius 3 is 2.50 bits per heavy atom. The highest BCUT2D eigenvalue weighted by atomic mass is 16.6. The summed E-state index contributed by atoms with van der Waals surface area (Å²) in [5.74, 6) is -2.32. The van der Waals surface area contributed by atoms with Gasteiger partial charge in [-0.25, -0.2) is 4.79 Å². The van der Waals surface area contributed by atoms with E-state index in [0.29, 0.717) is 11.3 Å². The van der Waals surface area contributed by atoms with Crippen molar-refractivity contribution in [1.82, 2.24) is 9.78 Å². The maximum atomic E-state index is 11.5. The Morgan fingerprint density at radius 2 is 2.04 bits per heavy atom. The van der Waals surface area contributed by atoms with Gasteiger partial charge in [0.2, 0.25) is 0 Å². The fourth-order valence-corrected chi connectivity index (χ4v) is 2.82. The molecular formula is C15H17N3O6. The van der Waals surface area contributed by atoms with Crippen molar-refractivity contribution in [1.29, 1.82) is 0 Å².